The minimum absolute atomic E-state index is 0.0344. The van der Waals surface area contributed by atoms with Crippen molar-refractivity contribution in [2.75, 3.05) is 6.61 Å². The van der Waals surface area contributed by atoms with Gasteiger partial charge in [0.05, 0.1) is 35.5 Å². The highest BCUT2D eigenvalue weighted by molar-refractivity contribution is 6.30. The fourth-order valence-electron chi connectivity index (χ4n) is 5.13. The number of carbonyl (C=O) groups is 3. The molecule has 0 amide bonds. The topological polar surface area (TPSA) is 177 Å². The number of aromatic hydroxyl groups is 2. The molecule has 2 aromatic rings. The summed E-state index contributed by atoms with van der Waals surface area (Å²) in [6.07, 6.45) is -4.74. The molecule has 0 aromatic heterocycles. The van der Waals surface area contributed by atoms with Crippen molar-refractivity contribution in [3.05, 3.63) is 57.6 Å². The lowest BCUT2D eigenvalue weighted by Gasteiger charge is -2.41. The number of aliphatic hydroxyl groups is 2. The molecule has 1 saturated heterocycles. The Morgan fingerprint density at radius 3 is 2.23 bits per heavy atom. The van der Waals surface area contributed by atoms with E-state index in [1.165, 1.54) is 19.1 Å². The van der Waals surface area contributed by atoms with E-state index in [1.807, 2.05) is 0 Å². The van der Waals surface area contributed by atoms with Crippen LogP contribution < -0.4 is 5.73 Å². The first-order valence-corrected chi connectivity index (χ1v) is 11.3. The maximum absolute atomic E-state index is 13.3. The number of fused-ring (bicyclic) bond motifs is 3. The zero-order chi connectivity index (χ0) is 25.2. The number of rotatable bonds is 3. The Morgan fingerprint density at radius 2 is 1.66 bits per heavy atom. The summed E-state index contributed by atoms with van der Waals surface area (Å²) < 4.78 is 11.4. The van der Waals surface area contributed by atoms with E-state index in [-0.39, 0.29) is 59.3 Å². The zero-order valence-corrected chi connectivity index (χ0v) is 18.9. The van der Waals surface area contributed by atoms with Crippen LogP contribution in [0.1, 0.15) is 68.8 Å². The Morgan fingerprint density at radius 1 is 1.06 bits per heavy atom. The molecular formula is C25H25NO9. The number of Topliss-reactive ketones (excluding diaryl/α,β-unsaturated/α-hetero) is 1. The molecule has 10 heteroatoms. The van der Waals surface area contributed by atoms with Gasteiger partial charge in [-0.25, -0.2) is 0 Å². The van der Waals surface area contributed by atoms with Gasteiger partial charge in [-0.2, -0.15) is 0 Å². The summed E-state index contributed by atoms with van der Waals surface area (Å²) in [4.78, 5) is 39.0. The molecule has 2 aliphatic carbocycles. The van der Waals surface area contributed by atoms with Crippen molar-refractivity contribution < 1.29 is 44.3 Å². The van der Waals surface area contributed by atoms with E-state index in [2.05, 4.69) is 0 Å². The number of phenolic OH excluding ortho intramolecular Hbond substituents is 2. The Kier molecular flexibility index (Phi) is 5.53. The van der Waals surface area contributed by atoms with Gasteiger partial charge in [-0.1, -0.05) is 24.3 Å². The highest BCUT2D eigenvalue weighted by atomic mass is 16.7. The fraction of sp³-hybridized carbons (Fsp3) is 0.400. The van der Waals surface area contributed by atoms with E-state index >= 15 is 0 Å². The number of phenols is 2. The molecule has 1 heterocycles. The maximum atomic E-state index is 13.3. The van der Waals surface area contributed by atoms with Crippen molar-refractivity contribution in [3.8, 4) is 11.5 Å². The van der Waals surface area contributed by atoms with Gasteiger partial charge in [0, 0.05) is 41.5 Å². The van der Waals surface area contributed by atoms with Gasteiger partial charge in [0.1, 0.15) is 23.4 Å². The summed E-state index contributed by atoms with van der Waals surface area (Å²) in [6, 6.07) is 6.10. The summed E-state index contributed by atoms with van der Waals surface area (Å²) in [5.74, 6) is -2.74. The average molecular weight is 483 g/mol. The molecule has 2 aromatic carbocycles. The maximum Gasteiger partial charge on any atom is 0.198 e. The summed E-state index contributed by atoms with van der Waals surface area (Å²) in [7, 11) is 0. The summed E-state index contributed by atoms with van der Waals surface area (Å²) in [6.45, 7) is 1.09. The van der Waals surface area contributed by atoms with Crippen LogP contribution in [0.3, 0.4) is 0 Å². The van der Waals surface area contributed by atoms with Crippen LogP contribution in [0.2, 0.25) is 0 Å². The first-order valence-electron chi connectivity index (χ1n) is 11.3. The molecule has 1 fully saturated rings. The molecule has 0 saturated carbocycles. The number of benzene rings is 2. The van der Waals surface area contributed by atoms with Crippen molar-refractivity contribution in [1.82, 2.24) is 0 Å². The highest BCUT2D eigenvalue weighted by Crippen LogP contribution is 2.51. The molecular weight excluding hydrogens is 458 g/mol. The highest BCUT2D eigenvalue weighted by Gasteiger charge is 2.48. The van der Waals surface area contributed by atoms with Crippen LogP contribution in [0, 0.1) is 0 Å². The zero-order valence-electron chi connectivity index (χ0n) is 18.9. The number of hydrogen-bond acceptors (Lipinski definition) is 10. The second-order valence-electron chi connectivity index (χ2n) is 9.39. The van der Waals surface area contributed by atoms with Gasteiger partial charge in [0.15, 0.2) is 17.9 Å². The predicted molar refractivity (Wildman–Crippen MR) is 119 cm³/mol. The fourth-order valence-corrected chi connectivity index (χ4v) is 5.13. The standard InChI is InChI=1S/C25H25NO9/c1-10(27)25(26)7-13-18(16(8-25)35-17-6-14(28)15(29)9-34-17)24(33)20-19(23(13)32)21(30)11-4-2-3-5-12(11)22(20)31/h2-5,14-17,28-29,32-33H,6-9,26H2,1H3/t14-,15+,16-,17-,25-/m1/s1. The third-order valence-electron chi connectivity index (χ3n) is 7.17. The van der Waals surface area contributed by atoms with Crippen molar-refractivity contribution >= 4 is 17.3 Å². The molecule has 0 radical (unpaired) electrons. The Labute approximate surface area is 199 Å². The largest absolute Gasteiger partial charge is 0.507 e. The Hall–Kier alpha value is -3.15. The van der Waals surface area contributed by atoms with Crippen LogP contribution in [0.5, 0.6) is 11.5 Å². The molecule has 0 spiro atoms. The monoisotopic (exact) mass is 483 g/mol. The molecule has 3 aliphatic rings. The van der Waals surface area contributed by atoms with Gasteiger partial charge >= 0.3 is 0 Å². The molecule has 184 valence electrons. The van der Waals surface area contributed by atoms with Crippen molar-refractivity contribution in [2.24, 2.45) is 5.73 Å². The van der Waals surface area contributed by atoms with Crippen molar-refractivity contribution in [3.63, 3.8) is 0 Å². The third-order valence-corrected chi connectivity index (χ3v) is 7.17. The predicted octanol–water partition coefficient (Wildman–Crippen LogP) is 0.632. The van der Waals surface area contributed by atoms with Gasteiger partial charge in [0.2, 0.25) is 0 Å². The van der Waals surface area contributed by atoms with Crippen LogP contribution >= 0.6 is 0 Å². The first kappa shape index (κ1) is 23.6. The minimum atomic E-state index is -1.50. The lowest BCUT2D eigenvalue weighted by Crippen LogP contribution is -2.53. The van der Waals surface area contributed by atoms with Gasteiger partial charge in [-0.3, -0.25) is 14.4 Å². The number of nitrogens with two attached hydrogens (primary N) is 1. The van der Waals surface area contributed by atoms with Gasteiger partial charge in [-0.15, -0.1) is 0 Å². The second-order valence-corrected chi connectivity index (χ2v) is 9.39. The lowest BCUT2D eigenvalue weighted by molar-refractivity contribution is -0.238. The quantitative estimate of drug-likeness (QED) is 0.332. The van der Waals surface area contributed by atoms with E-state index in [4.69, 9.17) is 15.2 Å². The molecule has 10 nitrogen and oxygen atoms in total. The molecule has 5 rings (SSSR count). The number of ether oxygens (including phenoxy) is 2. The van der Waals surface area contributed by atoms with E-state index in [1.54, 1.807) is 12.1 Å². The van der Waals surface area contributed by atoms with Crippen LogP contribution in [-0.2, 0) is 20.7 Å². The van der Waals surface area contributed by atoms with Crippen LogP contribution in [-0.4, -0.2) is 68.4 Å². The lowest BCUT2D eigenvalue weighted by atomic mass is 9.71. The second kappa shape index (κ2) is 8.21. The molecule has 5 atom stereocenters. The van der Waals surface area contributed by atoms with E-state index in [9.17, 15) is 34.8 Å². The van der Waals surface area contributed by atoms with E-state index in [0.717, 1.165) is 0 Å². The Bertz CT molecular complexity index is 1270. The van der Waals surface area contributed by atoms with Crippen LogP contribution in [0.25, 0.3) is 0 Å². The molecule has 35 heavy (non-hydrogen) atoms. The van der Waals surface area contributed by atoms with Crippen LogP contribution in [0.15, 0.2) is 24.3 Å². The molecule has 6 N–H and O–H groups in total. The third kappa shape index (κ3) is 3.57. The van der Waals surface area contributed by atoms with Crippen molar-refractivity contribution in [1.29, 1.82) is 0 Å². The normalized spacial score (nSPS) is 29.8. The smallest absolute Gasteiger partial charge is 0.198 e. The number of ketones is 3. The van der Waals surface area contributed by atoms with E-state index in [0.29, 0.717) is 0 Å². The van der Waals surface area contributed by atoms with Crippen molar-refractivity contribution in [2.45, 2.75) is 56.3 Å². The summed E-state index contributed by atoms with van der Waals surface area (Å²) >= 11 is 0. The first-order chi connectivity index (χ1) is 16.5. The average Bonchev–Trinajstić information content (AvgIpc) is 2.82. The number of aliphatic hydroxyl groups excluding tert-OH is 2. The molecule has 1 aliphatic heterocycles. The number of hydrogen-bond donors (Lipinski definition) is 5. The SMILES string of the molecule is CC(=O)[C@@]1(N)Cc2c(O)c3c(c(O)c2[C@H](O[C@@H]2C[C@@H](O)[C@@H](O)CO2)C1)C(=O)c1ccccc1C3=O. The van der Waals surface area contributed by atoms with Crippen LogP contribution in [0.4, 0.5) is 0 Å². The summed E-state index contributed by atoms with van der Waals surface area (Å²) in [5.41, 5.74) is 4.47. The Balaban J connectivity index is 1.67. The molecule has 0 unspecified atom stereocenters. The van der Waals surface area contributed by atoms with Gasteiger partial charge in [-0.05, 0) is 6.92 Å². The van der Waals surface area contributed by atoms with Gasteiger partial charge in [0.25, 0.3) is 0 Å². The van der Waals surface area contributed by atoms with E-state index < -0.39 is 59.0 Å². The minimum Gasteiger partial charge on any atom is -0.507 e. The summed E-state index contributed by atoms with van der Waals surface area (Å²) in [5, 5.41) is 42.3. The molecule has 0 bridgehead atoms. The van der Waals surface area contributed by atoms with Gasteiger partial charge < -0.3 is 35.6 Å². The number of carbonyl (C=O) groups excluding carboxylic acids is 3.